The van der Waals surface area contributed by atoms with E-state index < -0.39 is 15.6 Å². The molecule has 1 heterocycles. The van der Waals surface area contributed by atoms with Gasteiger partial charge in [-0.1, -0.05) is 54.6 Å². The summed E-state index contributed by atoms with van der Waals surface area (Å²) in [7, 11) is -3.81. The molecule has 5 nitrogen and oxygen atoms in total. The fourth-order valence-corrected chi connectivity index (χ4v) is 4.44. The molecule has 0 saturated carbocycles. The van der Waals surface area contributed by atoms with Crippen molar-refractivity contribution in [3.05, 3.63) is 78.6 Å². The van der Waals surface area contributed by atoms with Crippen LogP contribution in [0.5, 0.6) is 0 Å². The third-order valence-electron chi connectivity index (χ3n) is 4.60. The number of para-hydroxylation sites is 1. The van der Waals surface area contributed by atoms with Crippen molar-refractivity contribution in [1.82, 2.24) is 4.72 Å². The number of rotatable bonds is 5. The number of aliphatic hydroxyl groups is 1. The Balaban J connectivity index is 1.62. The summed E-state index contributed by atoms with van der Waals surface area (Å²) >= 11 is 0. The Bertz CT molecular complexity index is 1190. The fourth-order valence-electron chi connectivity index (χ4n) is 3.08. The second-order valence-corrected chi connectivity index (χ2v) is 8.46. The average Bonchev–Trinajstić information content (AvgIpc) is 3.11. The van der Waals surface area contributed by atoms with Crippen LogP contribution in [0.3, 0.4) is 0 Å². The van der Waals surface area contributed by atoms with Crippen LogP contribution >= 0.6 is 0 Å². The zero-order valence-electron chi connectivity index (χ0n) is 14.7. The van der Waals surface area contributed by atoms with E-state index in [1.54, 1.807) is 36.4 Å². The van der Waals surface area contributed by atoms with Gasteiger partial charge in [-0.2, -0.15) is 0 Å². The minimum absolute atomic E-state index is 0.181. The van der Waals surface area contributed by atoms with Crippen molar-refractivity contribution >= 4 is 31.8 Å². The van der Waals surface area contributed by atoms with Gasteiger partial charge in [0.05, 0.1) is 4.90 Å². The molecule has 0 fully saturated rings. The third-order valence-corrected chi connectivity index (χ3v) is 6.06. The van der Waals surface area contributed by atoms with Crippen molar-refractivity contribution in [3.8, 4) is 0 Å². The van der Waals surface area contributed by atoms with Gasteiger partial charge in [0.1, 0.15) is 16.9 Å². The topological polar surface area (TPSA) is 79.5 Å². The number of benzene rings is 3. The average molecular weight is 381 g/mol. The van der Waals surface area contributed by atoms with Gasteiger partial charge in [-0.3, -0.25) is 0 Å². The Morgan fingerprint density at radius 2 is 1.63 bits per heavy atom. The molecule has 0 saturated heterocycles. The summed E-state index contributed by atoms with van der Waals surface area (Å²) in [5.41, 5.74) is -0.846. The van der Waals surface area contributed by atoms with E-state index in [0.717, 1.165) is 10.8 Å². The van der Waals surface area contributed by atoms with Crippen LogP contribution < -0.4 is 4.72 Å². The van der Waals surface area contributed by atoms with Gasteiger partial charge in [0.15, 0.2) is 0 Å². The first-order chi connectivity index (χ1) is 12.9. The van der Waals surface area contributed by atoms with Crippen molar-refractivity contribution in [3.63, 3.8) is 0 Å². The van der Waals surface area contributed by atoms with Crippen LogP contribution in [0.1, 0.15) is 12.7 Å². The Labute approximate surface area is 157 Å². The van der Waals surface area contributed by atoms with Crippen molar-refractivity contribution in [1.29, 1.82) is 0 Å². The van der Waals surface area contributed by atoms with E-state index in [9.17, 15) is 13.5 Å². The largest absolute Gasteiger partial charge is 0.458 e. The normalized spacial score (nSPS) is 14.4. The molecular formula is C21H19NO4S. The first kappa shape index (κ1) is 17.7. The lowest BCUT2D eigenvalue weighted by Gasteiger charge is -2.21. The molecule has 1 unspecified atom stereocenters. The van der Waals surface area contributed by atoms with E-state index in [0.29, 0.717) is 16.7 Å². The molecule has 1 atom stereocenters. The first-order valence-corrected chi connectivity index (χ1v) is 10.0. The van der Waals surface area contributed by atoms with Gasteiger partial charge in [0.2, 0.25) is 10.0 Å². The lowest BCUT2D eigenvalue weighted by Crippen LogP contribution is -2.38. The molecule has 4 rings (SSSR count). The first-order valence-electron chi connectivity index (χ1n) is 8.56. The molecule has 0 amide bonds. The quantitative estimate of drug-likeness (QED) is 0.551. The van der Waals surface area contributed by atoms with E-state index in [4.69, 9.17) is 4.42 Å². The van der Waals surface area contributed by atoms with Crippen molar-refractivity contribution in [2.45, 2.75) is 17.4 Å². The van der Waals surface area contributed by atoms with Gasteiger partial charge in [-0.25, -0.2) is 13.1 Å². The Morgan fingerprint density at radius 3 is 2.41 bits per heavy atom. The van der Waals surface area contributed by atoms with Crippen LogP contribution in [0, 0.1) is 0 Å². The Kier molecular flexibility index (Phi) is 4.26. The van der Waals surface area contributed by atoms with Crippen LogP contribution in [-0.4, -0.2) is 20.1 Å². The molecule has 0 spiro atoms. The smallest absolute Gasteiger partial charge is 0.241 e. The van der Waals surface area contributed by atoms with Gasteiger partial charge in [-0.15, -0.1) is 0 Å². The van der Waals surface area contributed by atoms with Gasteiger partial charge >= 0.3 is 0 Å². The molecule has 0 aliphatic rings. The summed E-state index contributed by atoms with van der Waals surface area (Å²) in [6, 6.07) is 21.5. The number of hydrogen-bond donors (Lipinski definition) is 2. The molecule has 27 heavy (non-hydrogen) atoms. The highest BCUT2D eigenvalue weighted by atomic mass is 32.2. The zero-order valence-corrected chi connectivity index (χ0v) is 15.5. The third kappa shape index (κ3) is 3.35. The predicted octanol–water partition coefficient (Wildman–Crippen LogP) is 3.77. The van der Waals surface area contributed by atoms with Gasteiger partial charge in [0, 0.05) is 17.3 Å². The second kappa shape index (κ2) is 6.49. The minimum Gasteiger partial charge on any atom is -0.458 e. The molecule has 0 aliphatic carbocycles. The monoisotopic (exact) mass is 381 g/mol. The molecule has 0 radical (unpaired) electrons. The summed E-state index contributed by atoms with van der Waals surface area (Å²) < 4.78 is 33.9. The van der Waals surface area contributed by atoms with Gasteiger partial charge in [-0.05, 0) is 30.5 Å². The fraction of sp³-hybridized carbons (Fsp3) is 0.143. The second-order valence-electron chi connectivity index (χ2n) is 6.72. The Morgan fingerprint density at radius 1 is 0.963 bits per heavy atom. The molecule has 3 aromatic carbocycles. The number of hydrogen-bond acceptors (Lipinski definition) is 4. The maximum Gasteiger partial charge on any atom is 0.241 e. The van der Waals surface area contributed by atoms with Gasteiger partial charge < -0.3 is 9.52 Å². The van der Waals surface area contributed by atoms with Gasteiger partial charge in [0.25, 0.3) is 0 Å². The molecule has 4 aromatic rings. The summed E-state index contributed by atoms with van der Waals surface area (Å²) in [5, 5.41) is 13.1. The zero-order chi connectivity index (χ0) is 19.1. The highest BCUT2D eigenvalue weighted by Crippen LogP contribution is 2.28. The highest BCUT2D eigenvalue weighted by molar-refractivity contribution is 7.89. The number of fused-ring (bicyclic) bond motifs is 2. The van der Waals surface area contributed by atoms with E-state index in [1.165, 1.54) is 6.92 Å². The maximum atomic E-state index is 12.8. The van der Waals surface area contributed by atoms with Crippen LogP contribution in [0.2, 0.25) is 0 Å². The number of nitrogens with one attached hydrogen (secondary N) is 1. The van der Waals surface area contributed by atoms with E-state index in [2.05, 4.69) is 4.72 Å². The van der Waals surface area contributed by atoms with Crippen LogP contribution in [-0.2, 0) is 15.6 Å². The van der Waals surface area contributed by atoms with Crippen molar-refractivity contribution < 1.29 is 17.9 Å². The number of sulfonamides is 1. The lowest BCUT2D eigenvalue weighted by molar-refractivity contribution is 0.0412. The molecule has 0 aliphatic heterocycles. The maximum absolute atomic E-state index is 12.8. The molecule has 138 valence electrons. The van der Waals surface area contributed by atoms with E-state index in [1.807, 2.05) is 36.4 Å². The highest BCUT2D eigenvalue weighted by Gasteiger charge is 2.30. The van der Waals surface area contributed by atoms with E-state index >= 15 is 0 Å². The van der Waals surface area contributed by atoms with E-state index in [-0.39, 0.29) is 11.4 Å². The van der Waals surface area contributed by atoms with Crippen molar-refractivity contribution in [2.24, 2.45) is 0 Å². The molecular weight excluding hydrogens is 362 g/mol. The molecule has 2 N–H and O–H groups in total. The van der Waals surface area contributed by atoms with Crippen LogP contribution in [0.25, 0.3) is 21.7 Å². The molecule has 6 heteroatoms. The number of furan rings is 1. The summed E-state index contributed by atoms with van der Waals surface area (Å²) in [6.45, 7) is 1.31. The summed E-state index contributed by atoms with van der Waals surface area (Å²) in [5.74, 6) is 0.310. The SMILES string of the molecule is CC(O)(CNS(=O)(=O)c1cccc2ccccc12)c1cc2ccccc2o1. The summed E-state index contributed by atoms with van der Waals surface area (Å²) in [6.07, 6.45) is 0. The molecule has 0 bridgehead atoms. The Hall–Kier alpha value is -2.67. The van der Waals surface area contributed by atoms with Crippen molar-refractivity contribution in [2.75, 3.05) is 6.54 Å². The van der Waals surface area contributed by atoms with Crippen LogP contribution in [0.4, 0.5) is 0 Å². The standard InChI is InChI=1S/C21H19NO4S/c1-21(23,20-13-16-8-3-5-11-18(16)26-20)14-22-27(24,25)19-12-6-9-15-7-2-4-10-17(15)19/h2-13,22-23H,14H2,1H3. The minimum atomic E-state index is -3.81. The predicted molar refractivity (Wildman–Crippen MR) is 105 cm³/mol. The lowest BCUT2D eigenvalue weighted by atomic mass is 10.0. The van der Waals surface area contributed by atoms with Crippen LogP contribution in [0.15, 0.2) is 82.1 Å². The summed E-state index contributed by atoms with van der Waals surface area (Å²) in [4.78, 5) is 0.181. The molecule has 1 aromatic heterocycles.